The molecule has 0 aliphatic carbocycles. The molecule has 0 radical (unpaired) electrons. The molecule has 1 aliphatic heterocycles. The lowest BCUT2D eigenvalue weighted by atomic mass is 9.98. The molecule has 1 unspecified atom stereocenters. The Balaban J connectivity index is 1.51. The Morgan fingerprint density at radius 3 is 2.11 bits per heavy atom. The van der Waals surface area contributed by atoms with E-state index in [4.69, 9.17) is 9.47 Å². The molecule has 5 nitrogen and oxygen atoms in total. The van der Waals surface area contributed by atoms with Crippen LogP contribution >= 0.6 is 0 Å². The van der Waals surface area contributed by atoms with E-state index in [0.29, 0.717) is 33.3 Å². The lowest BCUT2D eigenvalue weighted by Gasteiger charge is -2.36. The van der Waals surface area contributed by atoms with Crippen LogP contribution in [0.3, 0.4) is 0 Å². The first kappa shape index (κ1) is 25.8. The second kappa shape index (κ2) is 10.1. The summed E-state index contributed by atoms with van der Waals surface area (Å²) in [6, 6.07) is 15.9. The van der Waals surface area contributed by atoms with Crippen LogP contribution in [0.15, 0.2) is 66.9 Å². The van der Waals surface area contributed by atoms with E-state index in [9.17, 15) is 17.6 Å². The van der Waals surface area contributed by atoms with Crippen LogP contribution in [0.1, 0.15) is 13.8 Å². The molecule has 198 valence electrons. The Labute approximate surface area is 217 Å². The van der Waals surface area contributed by atoms with Gasteiger partial charge >= 0.3 is 6.36 Å². The van der Waals surface area contributed by atoms with Crippen molar-refractivity contribution in [1.82, 2.24) is 4.98 Å². The van der Waals surface area contributed by atoms with Crippen LogP contribution in [0, 0.1) is 5.82 Å². The molecule has 0 bridgehead atoms. The highest BCUT2D eigenvalue weighted by molar-refractivity contribution is 6.00. The number of anilines is 1. The number of morpholine rings is 1. The fourth-order valence-electron chi connectivity index (χ4n) is 4.97. The molecular weight excluding hydrogens is 500 g/mol. The first-order valence-electron chi connectivity index (χ1n) is 12.1. The van der Waals surface area contributed by atoms with Crippen LogP contribution in [0.2, 0.25) is 0 Å². The van der Waals surface area contributed by atoms with Gasteiger partial charge in [-0.05, 0) is 61.4 Å². The number of aromatic nitrogens is 1. The van der Waals surface area contributed by atoms with Crippen LogP contribution < -0.4 is 14.4 Å². The average molecular weight is 527 g/mol. The largest absolute Gasteiger partial charge is 0.573 e. The molecule has 1 aromatic heterocycles. The minimum Gasteiger partial charge on any atom is -0.495 e. The molecule has 9 heteroatoms. The van der Waals surface area contributed by atoms with E-state index >= 15 is 0 Å². The zero-order valence-corrected chi connectivity index (χ0v) is 21.1. The van der Waals surface area contributed by atoms with Crippen molar-refractivity contribution in [1.29, 1.82) is 0 Å². The topological polar surface area (TPSA) is 43.8 Å². The number of rotatable bonds is 5. The summed E-state index contributed by atoms with van der Waals surface area (Å²) in [7, 11) is 1.51. The SMILES string of the molecule is COc1c(-c2ccc(N3CC(C)O[C@H](C)C3)cc2)cnc2c(-c3ccc(OC(F)(F)F)cc3)cc(F)cc12. The van der Waals surface area contributed by atoms with E-state index in [-0.39, 0.29) is 18.0 Å². The van der Waals surface area contributed by atoms with Gasteiger partial charge in [-0.25, -0.2) is 4.39 Å². The number of pyridine rings is 1. The molecule has 2 heterocycles. The van der Waals surface area contributed by atoms with E-state index in [1.807, 2.05) is 24.3 Å². The zero-order valence-electron chi connectivity index (χ0n) is 21.1. The summed E-state index contributed by atoms with van der Waals surface area (Å²) in [6.45, 7) is 5.72. The van der Waals surface area contributed by atoms with Crippen molar-refractivity contribution in [2.45, 2.75) is 32.4 Å². The van der Waals surface area contributed by atoms with Crippen molar-refractivity contribution in [3.8, 4) is 33.8 Å². The molecule has 38 heavy (non-hydrogen) atoms. The van der Waals surface area contributed by atoms with Crippen LogP contribution in [0.4, 0.5) is 23.2 Å². The molecule has 1 fully saturated rings. The number of ether oxygens (including phenoxy) is 3. The number of hydrogen-bond acceptors (Lipinski definition) is 5. The van der Waals surface area contributed by atoms with Crippen molar-refractivity contribution in [2.75, 3.05) is 25.1 Å². The maximum absolute atomic E-state index is 14.8. The predicted molar refractivity (Wildman–Crippen MR) is 138 cm³/mol. The number of hydrogen-bond donors (Lipinski definition) is 0. The molecule has 2 atom stereocenters. The predicted octanol–water partition coefficient (Wildman–Crippen LogP) is 7.23. The third-order valence-corrected chi connectivity index (χ3v) is 6.45. The van der Waals surface area contributed by atoms with Gasteiger partial charge in [0.25, 0.3) is 0 Å². The molecule has 4 aromatic rings. The Hall–Kier alpha value is -3.85. The maximum atomic E-state index is 14.8. The summed E-state index contributed by atoms with van der Waals surface area (Å²) in [4.78, 5) is 6.90. The van der Waals surface area contributed by atoms with Gasteiger partial charge in [-0.2, -0.15) is 0 Å². The lowest BCUT2D eigenvalue weighted by molar-refractivity contribution is -0.274. The van der Waals surface area contributed by atoms with Crippen molar-refractivity contribution < 1.29 is 31.8 Å². The van der Waals surface area contributed by atoms with Crippen molar-refractivity contribution in [3.05, 3.63) is 72.7 Å². The Morgan fingerprint density at radius 2 is 1.50 bits per heavy atom. The lowest BCUT2D eigenvalue weighted by Crippen LogP contribution is -2.45. The maximum Gasteiger partial charge on any atom is 0.573 e. The van der Waals surface area contributed by atoms with Gasteiger partial charge in [0.1, 0.15) is 17.3 Å². The second-order valence-corrected chi connectivity index (χ2v) is 9.34. The van der Waals surface area contributed by atoms with Gasteiger partial charge in [-0.3, -0.25) is 4.98 Å². The summed E-state index contributed by atoms with van der Waals surface area (Å²) in [5.41, 5.74) is 4.01. The third kappa shape index (κ3) is 5.38. The molecule has 5 rings (SSSR count). The van der Waals surface area contributed by atoms with E-state index in [1.54, 1.807) is 6.20 Å². The molecule has 0 saturated carbocycles. The van der Waals surface area contributed by atoms with E-state index < -0.39 is 12.2 Å². The molecular formula is C29H26F4N2O3. The van der Waals surface area contributed by atoms with E-state index in [1.165, 1.54) is 43.5 Å². The van der Waals surface area contributed by atoms with Crippen LogP contribution in [0.5, 0.6) is 11.5 Å². The number of benzene rings is 3. The summed E-state index contributed by atoms with van der Waals surface area (Å²) in [6.07, 6.45) is -2.85. The molecule has 0 spiro atoms. The van der Waals surface area contributed by atoms with E-state index in [2.05, 4.69) is 28.5 Å². The first-order chi connectivity index (χ1) is 18.1. The van der Waals surface area contributed by atoms with Crippen molar-refractivity contribution in [3.63, 3.8) is 0 Å². The Morgan fingerprint density at radius 1 is 0.895 bits per heavy atom. The quantitative estimate of drug-likeness (QED) is 0.257. The normalized spacial score (nSPS) is 18.0. The molecule has 0 N–H and O–H groups in total. The Kier molecular flexibility index (Phi) is 6.88. The van der Waals surface area contributed by atoms with Crippen LogP contribution in [0.25, 0.3) is 33.2 Å². The molecule has 1 aliphatic rings. The van der Waals surface area contributed by atoms with Gasteiger partial charge in [0.15, 0.2) is 0 Å². The van der Waals surface area contributed by atoms with Crippen LogP contribution in [-0.2, 0) is 4.74 Å². The summed E-state index contributed by atoms with van der Waals surface area (Å²) >= 11 is 0. The standard InChI is InChI=1S/C29H26F4N2O3/c1-17-15-35(16-18(2)37-17)22-8-4-20(5-9-22)26-14-34-27-24(12-21(30)13-25(27)28(26)36-3)19-6-10-23(11-7-19)38-29(31,32)33/h4-14,17-18H,15-16H2,1-3H3/t17-,18?/m1/s1. The van der Waals surface area contributed by atoms with Gasteiger partial charge in [0, 0.05) is 41.5 Å². The van der Waals surface area contributed by atoms with Crippen LogP contribution in [-0.4, -0.2) is 43.8 Å². The van der Waals surface area contributed by atoms with E-state index in [0.717, 1.165) is 24.3 Å². The number of halogens is 4. The fourth-order valence-corrected chi connectivity index (χ4v) is 4.97. The summed E-state index contributed by atoms with van der Waals surface area (Å²) in [5, 5.41) is 0.454. The smallest absolute Gasteiger partial charge is 0.495 e. The van der Waals surface area contributed by atoms with Gasteiger partial charge in [-0.1, -0.05) is 24.3 Å². The van der Waals surface area contributed by atoms with Gasteiger partial charge in [-0.15, -0.1) is 13.2 Å². The monoisotopic (exact) mass is 526 g/mol. The third-order valence-electron chi connectivity index (χ3n) is 6.45. The molecule has 3 aromatic carbocycles. The van der Waals surface area contributed by atoms with Crippen molar-refractivity contribution in [2.24, 2.45) is 0 Å². The highest BCUT2D eigenvalue weighted by Crippen LogP contribution is 2.40. The number of methoxy groups -OCH3 is 1. The molecule has 1 saturated heterocycles. The number of nitrogens with zero attached hydrogens (tertiary/aromatic N) is 2. The Bertz CT molecular complexity index is 1430. The highest BCUT2D eigenvalue weighted by atomic mass is 19.4. The second-order valence-electron chi connectivity index (χ2n) is 9.34. The first-order valence-corrected chi connectivity index (χ1v) is 12.1. The molecule has 0 amide bonds. The minimum atomic E-state index is -4.80. The van der Waals surface area contributed by atoms with Gasteiger partial charge in [0.05, 0.1) is 24.8 Å². The fraction of sp³-hybridized carbons (Fsp3) is 0.276. The zero-order chi connectivity index (χ0) is 27.0. The average Bonchev–Trinajstić information content (AvgIpc) is 2.86. The highest BCUT2D eigenvalue weighted by Gasteiger charge is 2.31. The summed E-state index contributed by atoms with van der Waals surface area (Å²) < 4.78 is 67.9. The van der Waals surface area contributed by atoms with Crippen molar-refractivity contribution >= 4 is 16.6 Å². The number of fused-ring (bicyclic) bond motifs is 1. The minimum absolute atomic E-state index is 0.140. The van der Waals surface area contributed by atoms with Gasteiger partial charge in [0.2, 0.25) is 0 Å². The van der Waals surface area contributed by atoms with Gasteiger partial charge < -0.3 is 19.1 Å². The number of alkyl halides is 3. The summed E-state index contributed by atoms with van der Waals surface area (Å²) in [5.74, 6) is -0.431.